The number of hydrogen-bond donors (Lipinski definition) is 2. The zero-order valence-corrected chi connectivity index (χ0v) is 13.3. The van der Waals surface area contributed by atoms with E-state index in [0.717, 1.165) is 11.3 Å². The van der Waals surface area contributed by atoms with Crippen LogP contribution in [0.4, 0.5) is 5.00 Å². The van der Waals surface area contributed by atoms with E-state index in [1.54, 1.807) is 13.8 Å². The highest BCUT2D eigenvalue weighted by Gasteiger charge is 2.49. The van der Waals surface area contributed by atoms with Crippen molar-refractivity contribution in [2.24, 2.45) is 0 Å². The molecule has 124 valence electrons. The Morgan fingerprint density at radius 3 is 2.87 bits per heavy atom. The Morgan fingerprint density at radius 2 is 2.22 bits per heavy atom. The summed E-state index contributed by atoms with van der Waals surface area (Å²) in [6.07, 6.45) is -1.12. The van der Waals surface area contributed by atoms with Crippen LogP contribution < -0.4 is 10.1 Å². The molecule has 9 nitrogen and oxygen atoms in total. The third-order valence-corrected chi connectivity index (χ3v) is 5.09. The Hall–Kier alpha value is -2.20. The predicted octanol–water partition coefficient (Wildman–Crippen LogP) is 0.188. The molecule has 0 aliphatic carbocycles. The first kappa shape index (κ1) is 15.7. The van der Waals surface area contributed by atoms with E-state index in [9.17, 15) is 24.8 Å². The van der Waals surface area contributed by atoms with E-state index < -0.39 is 22.7 Å². The second kappa shape index (κ2) is 5.17. The van der Waals surface area contributed by atoms with Crippen LogP contribution in [-0.2, 0) is 9.59 Å². The quantitative estimate of drug-likeness (QED) is 0.585. The molecule has 2 aliphatic rings. The summed E-state index contributed by atoms with van der Waals surface area (Å²) in [5.74, 6) is -0.428. The summed E-state index contributed by atoms with van der Waals surface area (Å²) >= 11 is 0.843. The van der Waals surface area contributed by atoms with Gasteiger partial charge >= 0.3 is 5.00 Å². The Bertz CT molecular complexity index is 700. The average Bonchev–Trinajstić information content (AvgIpc) is 2.86. The molecule has 0 radical (unpaired) electrons. The first-order chi connectivity index (χ1) is 10.7. The van der Waals surface area contributed by atoms with Crippen molar-refractivity contribution >= 4 is 28.2 Å². The number of carbonyl (C=O) groups is 2. The highest BCUT2D eigenvalue weighted by Crippen LogP contribution is 2.49. The molecule has 2 N–H and O–H groups in total. The Kier molecular flexibility index (Phi) is 3.52. The van der Waals surface area contributed by atoms with Crippen LogP contribution in [0, 0.1) is 10.1 Å². The van der Waals surface area contributed by atoms with Crippen molar-refractivity contribution in [3.63, 3.8) is 0 Å². The van der Waals surface area contributed by atoms with Gasteiger partial charge in [-0.3, -0.25) is 19.7 Å². The Labute approximate surface area is 135 Å². The van der Waals surface area contributed by atoms with Gasteiger partial charge in [0.25, 0.3) is 0 Å². The van der Waals surface area contributed by atoms with Crippen molar-refractivity contribution in [2.75, 3.05) is 13.1 Å². The number of ether oxygens (including phenoxy) is 1. The molecule has 0 bridgehead atoms. The largest absolute Gasteiger partial charge is 0.484 e. The van der Waals surface area contributed by atoms with Crippen LogP contribution in [0.15, 0.2) is 6.07 Å². The number of nitrogens with one attached hydrogen (secondary N) is 1. The van der Waals surface area contributed by atoms with Crippen LogP contribution in [0.5, 0.6) is 5.75 Å². The van der Waals surface area contributed by atoms with Crippen LogP contribution >= 0.6 is 11.3 Å². The van der Waals surface area contributed by atoms with Crippen LogP contribution in [0.25, 0.3) is 0 Å². The van der Waals surface area contributed by atoms with Crippen LogP contribution in [-0.4, -0.2) is 51.5 Å². The van der Waals surface area contributed by atoms with Gasteiger partial charge in [0.15, 0.2) is 0 Å². The molecule has 1 aromatic rings. The van der Waals surface area contributed by atoms with Gasteiger partial charge in [-0.2, -0.15) is 0 Å². The summed E-state index contributed by atoms with van der Waals surface area (Å²) in [6.45, 7) is 2.89. The second-order valence-electron chi connectivity index (χ2n) is 5.96. The first-order valence-electron chi connectivity index (χ1n) is 6.92. The number of carbonyl (C=O) groups excluding carboxylic acids is 2. The normalized spacial score (nSPS) is 26.3. The number of nitro groups is 1. The molecule has 1 fully saturated rings. The van der Waals surface area contributed by atoms with E-state index in [4.69, 9.17) is 4.74 Å². The van der Waals surface area contributed by atoms with Gasteiger partial charge in [-0.05, 0) is 13.8 Å². The number of aliphatic hydroxyl groups excluding tert-OH is 1. The summed E-state index contributed by atoms with van der Waals surface area (Å²) < 4.78 is 5.66. The molecule has 1 saturated heterocycles. The van der Waals surface area contributed by atoms with Gasteiger partial charge in [0, 0.05) is 0 Å². The monoisotopic (exact) mass is 341 g/mol. The van der Waals surface area contributed by atoms with Gasteiger partial charge in [-0.15, -0.1) is 0 Å². The van der Waals surface area contributed by atoms with Gasteiger partial charge in [-0.1, -0.05) is 11.3 Å². The number of hydrogen-bond acceptors (Lipinski definition) is 7. The summed E-state index contributed by atoms with van der Waals surface area (Å²) in [6, 6.07) is 0.431. The summed E-state index contributed by atoms with van der Waals surface area (Å²) in [5, 5.41) is 23.9. The number of piperazine rings is 1. The Balaban J connectivity index is 2.09. The number of amides is 2. The molecule has 0 aromatic carbocycles. The van der Waals surface area contributed by atoms with Crippen LogP contribution in [0.2, 0.25) is 0 Å². The zero-order valence-electron chi connectivity index (χ0n) is 12.4. The van der Waals surface area contributed by atoms with Crippen molar-refractivity contribution in [3.8, 4) is 5.75 Å². The molecule has 23 heavy (non-hydrogen) atoms. The smallest absolute Gasteiger partial charge is 0.328 e. The zero-order chi connectivity index (χ0) is 16.9. The third kappa shape index (κ3) is 2.53. The summed E-state index contributed by atoms with van der Waals surface area (Å²) in [4.78, 5) is 35.9. The van der Waals surface area contributed by atoms with E-state index in [0.29, 0.717) is 4.88 Å². The van der Waals surface area contributed by atoms with Gasteiger partial charge in [0.2, 0.25) is 11.8 Å². The lowest BCUT2D eigenvalue weighted by atomic mass is 9.89. The van der Waals surface area contributed by atoms with Gasteiger partial charge < -0.3 is 20.1 Å². The lowest BCUT2D eigenvalue weighted by Crippen LogP contribution is -2.59. The van der Waals surface area contributed by atoms with Crippen molar-refractivity contribution < 1.29 is 24.4 Å². The third-order valence-electron chi connectivity index (χ3n) is 3.95. The average molecular weight is 341 g/mol. The molecule has 2 aliphatic heterocycles. The highest BCUT2D eigenvalue weighted by molar-refractivity contribution is 7.15. The van der Waals surface area contributed by atoms with Crippen molar-refractivity contribution in [2.45, 2.75) is 31.6 Å². The molecule has 1 aromatic heterocycles. The van der Waals surface area contributed by atoms with Gasteiger partial charge in [0.1, 0.15) is 30.0 Å². The molecule has 0 spiro atoms. The van der Waals surface area contributed by atoms with E-state index in [1.807, 2.05) is 0 Å². The molecule has 10 heteroatoms. The number of fused-ring (bicyclic) bond motifs is 1. The summed E-state index contributed by atoms with van der Waals surface area (Å²) in [7, 11) is 0. The molecular formula is C13H15N3O6S. The van der Waals surface area contributed by atoms with Crippen molar-refractivity contribution in [3.05, 3.63) is 21.1 Å². The maximum Gasteiger partial charge on any atom is 0.328 e. The van der Waals surface area contributed by atoms with E-state index in [2.05, 4.69) is 5.32 Å². The predicted molar refractivity (Wildman–Crippen MR) is 79.2 cm³/mol. The van der Waals surface area contributed by atoms with Crippen LogP contribution in [0.3, 0.4) is 0 Å². The van der Waals surface area contributed by atoms with Crippen molar-refractivity contribution in [1.82, 2.24) is 10.2 Å². The van der Waals surface area contributed by atoms with E-state index >= 15 is 0 Å². The fourth-order valence-corrected chi connectivity index (χ4v) is 3.80. The number of aliphatic hydroxyl groups is 1. The lowest BCUT2D eigenvalue weighted by molar-refractivity contribution is -0.380. The maximum absolute atomic E-state index is 12.2. The number of thiophene rings is 1. The van der Waals surface area contributed by atoms with Crippen LogP contribution in [0.1, 0.15) is 24.8 Å². The van der Waals surface area contributed by atoms with Gasteiger partial charge in [-0.25, -0.2) is 0 Å². The topological polar surface area (TPSA) is 122 Å². The molecule has 2 amide bonds. The van der Waals surface area contributed by atoms with E-state index in [-0.39, 0.29) is 35.7 Å². The number of rotatable bonds is 2. The second-order valence-corrected chi connectivity index (χ2v) is 7.03. The fourth-order valence-electron chi connectivity index (χ4n) is 2.76. The minimum atomic E-state index is -1.12. The molecule has 3 heterocycles. The fraction of sp³-hybridized carbons (Fsp3) is 0.538. The van der Waals surface area contributed by atoms with Crippen molar-refractivity contribution in [1.29, 1.82) is 0 Å². The summed E-state index contributed by atoms with van der Waals surface area (Å²) in [5.41, 5.74) is -1.05. The van der Waals surface area contributed by atoms with Gasteiger partial charge in [0.05, 0.1) is 22.4 Å². The first-order valence-corrected chi connectivity index (χ1v) is 7.73. The molecule has 3 rings (SSSR count). The SMILES string of the molecule is CC1(C)Oc2cc([N+](=O)[O-])sc2[C@@H](N2CC(=O)NCC2=O)[C@@H]1O. The lowest BCUT2D eigenvalue weighted by Gasteiger charge is -2.45. The molecule has 0 saturated carbocycles. The standard InChI is InChI=1S/C13H15N3O6S/c1-13(2)12(19)10(15-5-7(17)14-4-8(15)18)11-6(22-13)3-9(23-11)16(20)21/h3,10,12,19H,4-5H2,1-2H3,(H,14,17)/t10-,12+/m1/s1. The van der Waals surface area contributed by atoms with E-state index in [1.165, 1.54) is 11.0 Å². The molecule has 0 unspecified atom stereocenters. The Morgan fingerprint density at radius 1 is 1.52 bits per heavy atom. The molecule has 2 atom stereocenters. The minimum absolute atomic E-state index is 0.140. The minimum Gasteiger partial charge on any atom is -0.484 e. The molecular weight excluding hydrogens is 326 g/mol. The maximum atomic E-state index is 12.2. The number of nitrogens with zero attached hydrogens (tertiary/aromatic N) is 2. The highest BCUT2D eigenvalue weighted by atomic mass is 32.1.